The lowest BCUT2D eigenvalue weighted by atomic mass is 9.83. The van der Waals surface area contributed by atoms with E-state index >= 15 is 0 Å². The average Bonchev–Trinajstić information content (AvgIpc) is 2.45. The molecule has 2 N–H and O–H groups in total. The van der Waals surface area contributed by atoms with E-state index in [9.17, 15) is 0 Å². The summed E-state index contributed by atoms with van der Waals surface area (Å²) in [5.41, 5.74) is 11.2. The van der Waals surface area contributed by atoms with Gasteiger partial charge in [0.2, 0.25) is 0 Å². The lowest BCUT2D eigenvalue weighted by molar-refractivity contribution is 0.552. The van der Waals surface area contributed by atoms with Crippen LogP contribution in [-0.2, 0) is 12.8 Å². The van der Waals surface area contributed by atoms with Crippen LogP contribution in [0.3, 0.4) is 0 Å². The number of rotatable bonds is 2. The summed E-state index contributed by atoms with van der Waals surface area (Å²) in [7, 11) is 0. The number of benzene rings is 1. The number of aryl methyl sites for hydroxylation is 2. The van der Waals surface area contributed by atoms with Crippen LogP contribution >= 0.6 is 0 Å². The molecular formula is C18H23N3. The van der Waals surface area contributed by atoms with E-state index in [1.54, 1.807) is 0 Å². The Hall–Kier alpha value is -1.90. The van der Waals surface area contributed by atoms with E-state index < -0.39 is 0 Å². The van der Waals surface area contributed by atoms with Gasteiger partial charge in [-0.2, -0.15) is 0 Å². The summed E-state index contributed by atoms with van der Waals surface area (Å²) in [6.07, 6.45) is 3.24. The van der Waals surface area contributed by atoms with Crippen molar-refractivity contribution in [1.29, 1.82) is 0 Å². The predicted octanol–water partition coefficient (Wildman–Crippen LogP) is 3.76. The van der Waals surface area contributed by atoms with Crippen LogP contribution in [0.15, 0.2) is 24.3 Å². The van der Waals surface area contributed by atoms with E-state index in [0.29, 0.717) is 17.7 Å². The molecule has 1 aromatic carbocycles. The van der Waals surface area contributed by atoms with Crippen molar-refractivity contribution in [2.45, 2.75) is 51.9 Å². The maximum Gasteiger partial charge on any atom is 0.134 e. The Kier molecular flexibility index (Phi) is 3.66. The van der Waals surface area contributed by atoms with Crippen LogP contribution in [0, 0.1) is 6.92 Å². The zero-order valence-corrected chi connectivity index (χ0v) is 13.1. The third kappa shape index (κ3) is 2.65. The number of anilines is 1. The molecule has 110 valence electrons. The summed E-state index contributed by atoms with van der Waals surface area (Å²) in [4.78, 5) is 9.38. The molecular weight excluding hydrogens is 258 g/mol. The van der Waals surface area contributed by atoms with Gasteiger partial charge in [-0.05, 0) is 43.2 Å². The first-order valence-corrected chi connectivity index (χ1v) is 7.77. The second-order valence-electron chi connectivity index (χ2n) is 6.33. The van der Waals surface area contributed by atoms with Gasteiger partial charge in [0.1, 0.15) is 11.6 Å². The zero-order chi connectivity index (χ0) is 15.0. The summed E-state index contributed by atoms with van der Waals surface area (Å²) in [5.74, 6) is 2.34. The van der Waals surface area contributed by atoms with Crippen LogP contribution in [0.2, 0.25) is 0 Å². The van der Waals surface area contributed by atoms with Gasteiger partial charge in [-0.3, -0.25) is 0 Å². The lowest BCUT2D eigenvalue weighted by Crippen LogP contribution is -2.17. The highest BCUT2D eigenvalue weighted by Gasteiger charge is 2.23. The molecule has 1 atom stereocenters. The zero-order valence-electron chi connectivity index (χ0n) is 13.1. The SMILES string of the molecule is Cc1nc(C2CCc3ccccc3C2)nc(N)c1C(C)C. The summed E-state index contributed by atoms with van der Waals surface area (Å²) >= 11 is 0. The van der Waals surface area contributed by atoms with Gasteiger partial charge < -0.3 is 5.73 Å². The van der Waals surface area contributed by atoms with Crippen molar-refractivity contribution in [3.05, 3.63) is 52.5 Å². The minimum Gasteiger partial charge on any atom is -0.383 e. The smallest absolute Gasteiger partial charge is 0.134 e. The molecule has 0 fully saturated rings. The summed E-state index contributed by atoms with van der Waals surface area (Å²) in [5, 5.41) is 0. The molecule has 1 aliphatic carbocycles. The van der Waals surface area contributed by atoms with Crippen LogP contribution in [0.4, 0.5) is 5.82 Å². The van der Waals surface area contributed by atoms with Crippen LogP contribution in [0.25, 0.3) is 0 Å². The molecule has 3 rings (SSSR count). The van der Waals surface area contributed by atoms with Crippen molar-refractivity contribution in [2.24, 2.45) is 0 Å². The minimum absolute atomic E-state index is 0.367. The van der Waals surface area contributed by atoms with Gasteiger partial charge in [0.15, 0.2) is 0 Å². The van der Waals surface area contributed by atoms with E-state index in [2.05, 4.69) is 43.1 Å². The van der Waals surface area contributed by atoms with Gasteiger partial charge in [-0.25, -0.2) is 9.97 Å². The Morgan fingerprint density at radius 1 is 1.14 bits per heavy atom. The van der Waals surface area contributed by atoms with E-state index in [-0.39, 0.29) is 0 Å². The van der Waals surface area contributed by atoms with Crippen molar-refractivity contribution in [3.63, 3.8) is 0 Å². The first-order chi connectivity index (χ1) is 10.1. The third-order valence-electron chi connectivity index (χ3n) is 4.47. The molecule has 0 radical (unpaired) electrons. The van der Waals surface area contributed by atoms with Crippen LogP contribution in [0.5, 0.6) is 0 Å². The largest absolute Gasteiger partial charge is 0.383 e. The molecule has 0 amide bonds. The average molecular weight is 281 g/mol. The second kappa shape index (κ2) is 5.47. The maximum atomic E-state index is 6.17. The van der Waals surface area contributed by atoms with Gasteiger partial charge >= 0.3 is 0 Å². The first-order valence-electron chi connectivity index (χ1n) is 7.77. The molecule has 3 heteroatoms. The van der Waals surface area contributed by atoms with Crippen molar-refractivity contribution in [3.8, 4) is 0 Å². The summed E-state index contributed by atoms with van der Waals surface area (Å²) in [6, 6.07) is 8.69. The highest BCUT2D eigenvalue weighted by Crippen LogP contribution is 2.32. The fraction of sp³-hybridized carbons (Fsp3) is 0.444. The highest BCUT2D eigenvalue weighted by molar-refractivity contribution is 5.44. The van der Waals surface area contributed by atoms with Crippen molar-refractivity contribution in [2.75, 3.05) is 5.73 Å². The minimum atomic E-state index is 0.367. The molecule has 21 heavy (non-hydrogen) atoms. The topological polar surface area (TPSA) is 51.8 Å². The molecule has 2 aromatic rings. The maximum absolute atomic E-state index is 6.17. The second-order valence-corrected chi connectivity index (χ2v) is 6.33. The van der Waals surface area contributed by atoms with Gasteiger partial charge in [-0.15, -0.1) is 0 Å². The number of aromatic nitrogens is 2. The summed E-state index contributed by atoms with van der Waals surface area (Å²) < 4.78 is 0. The molecule has 0 spiro atoms. The van der Waals surface area contributed by atoms with E-state index in [4.69, 9.17) is 10.7 Å². The molecule has 0 bridgehead atoms. The van der Waals surface area contributed by atoms with Crippen LogP contribution < -0.4 is 5.73 Å². The molecule has 1 aliphatic rings. The van der Waals surface area contributed by atoms with E-state index in [1.807, 2.05) is 6.92 Å². The molecule has 0 saturated carbocycles. The van der Waals surface area contributed by atoms with E-state index in [0.717, 1.165) is 36.3 Å². The number of fused-ring (bicyclic) bond motifs is 1. The van der Waals surface area contributed by atoms with Gasteiger partial charge in [0.25, 0.3) is 0 Å². The fourth-order valence-electron chi connectivity index (χ4n) is 3.44. The van der Waals surface area contributed by atoms with Crippen molar-refractivity contribution >= 4 is 5.82 Å². The number of hydrogen-bond acceptors (Lipinski definition) is 3. The van der Waals surface area contributed by atoms with E-state index in [1.165, 1.54) is 11.1 Å². The highest BCUT2D eigenvalue weighted by atomic mass is 15.0. The Bertz CT molecular complexity index is 638. The Balaban J connectivity index is 1.92. The molecule has 0 aliphatic heterocycles. The lowest BCUT2D eigenvalue weighted by Gasteiger charge is -2.24. The van der Waals surface area contributed by atoms with Gasteiger partial charge in [0.05, 0.1) is 0 Å². The van der Waals surface area contributed by atoms with Crippen molar-refractivity contribution < 1.29 is 0 Å². The number of nitrogen functional groups attached to an aromatic ring is 1. The molecule has 1 aromatic heterocycles. The normalized spacial score (nSPS) is 17.8. The predicted molar refractivity (Wildman–Crippen MR) is 86.5 cm³/mol. The van der Waals surface area contributed by atoms with Gasteiger partial charge in [-0.1, -0.05) is 38.1 Å². The molecule has 0 saturated heterocycles. The Morgan fingerprint density at radius 3 is 2.52 bits per heavy atom. The summed E-state index contributed by atoms with van der Waals surface area (Å²) in [6.45, 7) is 6.32. The standard InChI is InChI=1S/C18H23N3/c1-11(2)16-12(3)20-18(21-17(16)19)15-9-8-13-6-4-5-7-14(13)10-15/h4-7,11,15H,8-10H2,1-3H3,(H2,19,20,21). The van der Waals surface area contributed by atoms with Crippen molar-refractivity contribution in [1.82, 2.24) is 9.97 Å². The number of hydrogen-bond donors (Lipinski definition) is 1. The quantitative estimate of drug-likeness (QED) is 0.911. The van der Waals surface area contributed by atoms with Crippen LogP contribution in [-0.4, -0.2) is 9.97 Å². The van der Waals surface area contributed by atoms with Gasteiger partial charge in [0, 0.05) is 17.2 Å². The third-order valence-corrected chi connectivity index (χ3v) is 4.47. The van der Waals surface area contributed by atoms with Crippen LogP contribution in [0.1, 0.15) is 60.3 Å². The first kappa shape index (κ1) is 14.1. The fourth-order valence-corrected chi connectivity index (χ4v) is 3.44. The molecule has 1 unspecified atom stereocenters. The molecule has 3 nitrogen and oxygen atoms in total. The number of nitrogens with zero attached hydrogens (tertiary/aromatic N) is 2. The monoisotopic (exact) mass is 281 g/mol. The Morgan fingerprint density at radius 2 is 1.86 bits per heavy atom. The molecule has 1 heterocycles. The number of nitrogens with two attached hydrogens (primary N) is 1. The Labute approximate surface area is 126 Å².